The second kappa shape index (κ2) is 7.61. The Balaban J connectivity index is 1.59. The van der Waals surface area contributed by atoms with E-state index in [1.807, 2.05) is 0 Å². The number of hydrogen-bond donors (Lipinski definition) is 1. The first-order valence-electron chi connectivity index (χ1n) is 8.45. The molecular formula is C16H33N3. The molecule has 1 saturated carbocycles. The number of nitrogens with zero attached hydrogens (tertiary/aromatic N) is 2. The molecule has 1 heterocycles. The quantitative estimate of drug-likeness (QED) is 0.692. The van der Waals surface area contributed by atoms with Crippen molar-refractivity contribution < 1.29 is 0 Å². The van der Waals surface area contributed by atoms with Crippen molar-refractivity contribution in [2.45, 2.75) is 71.0 Å². The maximum absolute atomic E-state index is 3.78. The van der Waals surface area contributed by atoms with Crippen molar-refractivity contribution in [2.24, 2.45) is 0 Å². The van der Waals surface area contributed by atoms with Crippen LogP contribution in [0.15, 0.2) is 0 Å². The molecule has 0 spiro atoms. The average Bonchev–Trinajstić information content (AvgIpc) is 3.10. The summed E-state index contributed by atoms with van der Waals surface area (Å²) in [7, 11) is 0. The molecule has 1 aliphatic heterocycles. The Bertz CT molecular complexity index is 248. The fourth-order valence-electron chi connectivity index (χ4n) is 3.24. The van der Waals surface area contributed by atoms with Gasteiger partial charge in [-0.05, 0) is 58.7 Å². The van der Waals surface area contributed by atoms with E-state index in [9.17, 15) is 0 Å². The van der Waals surface area contributed by atoms with Crippen LogP contribution in [0, 0.1) is 0 Å². The lowest BCUT2D eigenvalue weighted by atomic mass is 10.1. The number of nitrogens with one attached hydrogen (secondary N) is 1. The lowest BCUT2D eigenvalue weighted by Crippen LogP contribution is -2.37. The van der Waals surface area contributed by atoms with Gasteiger partial charge >= 0.3 is 0 Å². The van der Waals surface area contributed by atoms with Gasteiger partial charge in [0.25, 0.3) is 0 Å². The zero-order valence-electron chi connectivity index (χ0n) is 13.2. The normalized spacial score (nSPS) is 26.2. The van der Waals surface area contributed by atoms with Gasteiger partial charge < -0.3 is 10.2 Å². The maximum atomic E-state index is 3.78. The van der Waals surface area contributed by atoms with Crippen LogP contribution in [-0.2, 0) is 0 Å². The summed E-state index contributed by atoms with van der Waals surface area (Å²) in [5, 5.41) is 3.78. The van der Waals surface area contributed by atoms with E-state index < -0.39 is 0 Å². The Hall–Kier alpha value is -0.120. The summed E-state index contributed by atoms with van der Waals surface area (Å²) < 4.78 is 0. The molecule has 19 heavy (non-hydrogen) atoms. The molecule has 3 nitrogen and oxygen atoms in total. The van der Waals surface area contributed by atoms with Crippen LogP contribution in [0.3, 0.4) is 0 Å². The second-order valence-electron chi connectivity index (χ2n) is 6.44. The Morgan fingerprint density at radius 3 is 2.53 bits per heavy atom. The smallest absolute Gasteiger partial charge is 0.0209 e. The first kappa shape index (κ1) is 15.3. The van der Waals surface area contributed by atoms with Crippen molar-refractivity contribution in [3.05, 3.63) is 0 Å². The number of hydrogen-bond acceptors (Lipinski definition) is 3. The molecule has 2 unspecified atom stereocenters. The highest BCUT2D eigenvalue weighted by Crippen LogP contribution is 2.23. The third-order valence-electron chi connectivity index (χ3n) is 4.88. The molecule has 0 aromatic rings. The van der Waals surface area contributed by atoms with E-state index in [0.717, 1.165) is 18.1 Å². The number of rotatable bonds is 9. The Kier molecular flexibility index (Phi) is 6.11. The molecule has 0 bridgehead atoms. The minimum Gasteiger partial charge on any atom is -0.310 e. The van der Waals surface area contributed by atoms with E-state index in [4.69, 9.17) is 0 Å². The SMILES string of the molecule is CCN(CC)CCCC(C)N1CCC(NC2CC2)C1. The molecule has 2 atom stereocenters. The van der Waals surface area contributed by atoms with Crippen LogP contribution in [0.1, 0.15) is 52.9 Å². The molecule has 0 amide bonds. The van der Waals surface area contributed by atoms with Crippen molar-refractivity contribution in [3.63, 3.8) is 0 Å². The van der Waals surface area contributed by atoms with Gasteiger partial charge in [0, 0.05) is 31.2 Å². The fraction of sp³-hybridized carbons (Fsp3) is 1.00. The van der Waals surface area contributed by atoms with Gasteiger partial charge in [0.05, 0.1) is 0 Å². The van der Waals surface area contributed by atoms with Crippen LogP contribution in [0.25, 0.3) is 0 Å². The van der Waals surface area contributed by atoms with E-state index in [0.29, 0.717) is 0 Å². The Labute approximate surface area is 119 Å². The first-order valence-corrected chi connectivity index (χ1v) is 8.45. The highest BCUT2D eigenvalue weighted by Gasteiger charge is 2.30. The van der Waals surface area contributed by atoms with Gasteiger partial charge in [-0.15, -0.1) is 0 Å². The topological polar surface area (TPSA) is 18.5 Å². The summed E-state index contributed by atoms with van der Waals surface area (Å²) in [5.41, 5.74) is 0. The summed E-state index contributed by atoms with van der Waals surface area (Å²) in [5.74, 6) is 0. The molecule has 0 radical (unpaired) electrons. The van der Waals surface area contributed by atoms with Gasteiger partial charge in [-0.3, -0.25) is 4.90 Å². The van der Waals surface area contributed by atoms with Gasteiger partial charge in [-0.1, -0.05) is 13.8 Å². The minimum atomic E-state index is 0.765. The molecule has 1 N–H and O–H groups in total. The molecule has 1 aliphatic carbocycles. The van der Waals surface area contributed by atoms with Crippen LogP contribution < -0.4 is 5.32 Å². The summed E-state index contributed by atoms with van der Waals surface area (Å²) in [4.78, 5) is 5.23. The maximum Gasteiger partial charge on any atom is 0.0209 e. The lowest BCUT2D eigenvalue weighted by molar-refractivity contribution is 0.222. The third kappa shape index (κ3) is 5.05. The van der Waals surface area contributed by atoms with E-state index in [-0.39, 0.29) is 0 Å². The number of likely N-dealkylation sites (tertiary alicyclic amines) is 1. The van der Waals surface area contributed by atoms with E-state index in [1.54, 1.807) is 0 Å². The van der Waals surface area contributed by atoms with Crippen molar-refractivity contribution in [1.82, 2.24) is 15.1 Å². The molecule has 2 rings (SSSR count). The van der Waals surface area contributed by atoms with Crippen LogP contribution in [-0.4, -0.2) is 60.6 Å². The summed E-state index contributed by atoms with van der Waals surface area (Å²) in [6.45, 7) is 13.2. The predicted molar refractivity (Wildman–Crippen MR) is 82.6 cm³/mol. The third-order valence-corrected chi connectivity index (χ3v) is 4.88. The molecule has 0 aromatic carbocycles. The van der Waals surface area contributed by atoms with E-state index >= 15 is 0 Å². The van der Waals surface area contributed by atoms with Gasteiger partial charge in [0.2, 0.25) is 0 Å². The summed E-state index contributed by atoms with van der Waals surface area (Å²) in [6.07, 6.45) is 6.88. The van der Waals surface area contributed by atoms with Gasteiger partial charge in [-0.2, -0.15) is 0 Å². The Morgan fingerprint density at radius 2 is 1.89 bits per heavy atom. The van der Waals surface area contributed by atoms with Crippen molar-refractivity contribution in [2.75, 3.05) is 32.7 Å². The first-order chi connectivity index (χ1) is 9.22. The minimum absolute atomic E-state index is 0.765. The van der Waals surface area contributed by atoms with Crippen molar-refractivity contribution in [3.8, 4) is 0 Å². The van der Waals surface area contributed by atoms with Crippen LogP contribution in [0.5, 0.6) is 0 Å². The van der Waals surface area contributed by atoms with Crippen LogP contribution in [0.4, 0.5) is 0 Å². The molecule has 2 aliphatic rings. The zero-order valence-corrected chi connectivity index (χ0v) is 13.2. The summed E-state index contributed by atoms with van der Waals surface area (Å²) >= 11 is 0. The standard InChI is InChI=1S/C16H33N3/c1-4-18(5-2)11-6-7-14(3)19-12-10-16(13-19)17-15-8-9-15/h14-17H,4-13H2,1-3H3. The van der Waals surface area contributed by atoms with Gasteiger partial charge in [0.15, 0.2) is 0 Å². The molecule has 3 heteroatoms. The fourth-order valence-corrected chi connectivity index (χ4v) is 3.24. The Morgan fingerprint density at radius 1 is 1.16 bits per heavy atom. The molecule has 1 saturated heterocycles. The largest absolute Gasteiger partial charge is 0.310 e. The van der Waals surface area contributed by atoms with Crippen LogP contribution in [0.2, 0.25) is 0 Å². The van der Waals surface area contributed by atoms with E-state index in [2.05, 4.69) is 35.9 Å². The second-order valence-corrected chi connectivity index (χ2v) is 6.44. The average molecular weight is 267 g/mol. The van der Waals surface area contributed by atoms with E-state index in [1.165, 1.54) is 64.8 Å². The highest BCUT2D eigenvalue weighted by atomic mass is 15.2. The molecule has 2 fully saturated rings. The molecule has 0 aromatic heterocycles. The van der Waals surface area contributed by atoms with Crippen LogP contribution >= 0.6 is 0 Å². The summed E-state index contributed by atoms with van der Waals surface area (Å²) in [6, 6.07) is 2.40. The van der Waals surface area contributed by atoms with Crippen molar-refractivity contribution in [1.29, 1.82) is 0 Å². The monoisotopic (exact) mass is 267 g/mol. The highest BCUT2D eigenvalue weighted by molar-refractivity contribution is 4.90. The lowest BCUT2D eigenvalue weighted by Gasteiger charge is -2.26. The predicted octanol–water partition coefficient (Wildman–Crippen LogP) is 2.32. The van der Waals surface area contributed by atoms with Gasteiger partial charge in [0.1, 0.15) is 0 Å². The van der Waals surface area contributed by atoms with Crippen molar-refractivity contribution >= 4 is 0 Å². The molecule has 112 valence electrons. The van der Waals surface area contributed by atoms with Gasteiger partial charge in [-0.25, -0.2) is 0 Å². The molecular weight excluding hydrogens is 234 g/mol. The zero-order chi connectivity index (χ0) is 13.7.